The number of hydrogen-bond donors (Lipinski definition) is 2. The minimum absolute atomic E-state index is 0.0543. The summed E-state index contributed by atoms with van der Waals surface area (Å²) in [6.45, 7) is 8.13. The second kappa shape index (κ2) is 9.19. The van der Waals surface area contributed by atoms with E-state index in [1.54, 1.807) is 0 Å². The summed E-state index contributed by atoms with van der Waals surface area (Å²) in [6.07, 6.45) is 3.07. The molecule has 1 aromatic heterocycles. The zero-order valence-electron chi connectivity index (χ0n) is 17.1. The molecule has 29 heavy (non-hydrogen) atoms. The summed E-state index contributed by atoms with van der Waals surface area (Å²) < 4.78 is 5.79. The second-order valence-electron chi connectivity index (χ2n) is 7.28. The van der Waals surface area contributed by atoms with Crippen molar-refractivity contribution >= 4 is 23.2 Å². The van der Waals surface area contributed by atoms with E-state index >= 15 is 0 Å². The van der Waals surface area contributed by atoms with Gasteiger partial charge in [-0.25, -0.2) is 9.97 Å². The number of anilines is 3. The highest BCUT2D eigenvalue weighted by molar-refractivity contribution is 6.04. The van der Waals surface area contributed by atoms with Crippen LogP contribution in [0.25, 0.3) is 0 Å². The van der Waals surface area contributed by atoms with Gasteiger partial charge in [0.05, 0.1) is 17.4 Å². The lowest BCUT2D eigenvalue weighted by molar-refractivity contribution is 0.102. The van der Waals surface area contributed by atoms with Gasteiger partial charge < -0.3 is 15.4 Å². The highest BCUT2D eigenvalue weighted by atomic mass is 16.5. The van der Waals surface area contributed by atoms with Gasteiger partial charge >= 0.3 is 0 Å². The van der Waals surface area contributed by atoms with Crippen LogP contribution in [0.3, 0.4) is 0 Å². The predicted octanol–water partition coefficient (Wildman–Crippen LogP) is 5.38. The average Bonchev–Trinajstić information content (AvgIpc) is 2.70. The number of hydrogen-bond acceptors (Lipinski definition) is 5. The smallest absolute Gasteiger partial charge is 0.258 e. The maximum absolute atomic E-state index is 12.6. The van der Waals surface area contributed by atoms with Crippen LogP contribution in [-0.4, -0.2) is 22.0 Å². The number of benzene rings is 2. The van der Waals surface area contributed by atoms with E-state index in [4.69, 9.17) is 4.74 Å². The molecule has 3 aromatic rings. The molecule has 0 radical (unpaired) electrons. The Kier molecular flexibility index (Phi) is 6.44. The largest absolute Gasteiger partial charge is 0.489 e. The van der Waals surface area contributed by atoms with Crippen molar-refractivity contribution < 1.29 is 9.53 Å². The first-order chi connectivity index (χ1) is 13.9. The molecule has 0 atom stereocenters. The Labute approximate surface area is 171 Å². The third-order valence-corrected chi connectivity index (χ3v) is 4.24. The molecular formula is C23H26N4O2. The highest BCUT2D eigenvalue weighted by Crippen LogP contribution is 2.27. The molecular weight excluding hydrogens is 364 g/mol. The number of nitrogens with one attached hydrogen (secondary N) is 2. The van der Waals surface area contributed by atoms with Crippen molar-refractivity contribution in [3.63, 3.8) is 0 Å². The van der Waals surface area contributed by atoms with Gasteiger partial charge in [-0.15, -0.1) is 0 Å². The topological polar surface area (TPSA) is 76.1 Å². The molecule has 3 rings (SSSR count). The number of ether oxygens (including phenoxy) is 1. The van der Waals surface area contributed by atoms with Crippen molar-refractivity contribution in [1.82, 2.24) is 9.97 Å². The average molecular weight is 390 g/mol. The van der Waals surface area contributed by atoms with Crippen LogP contribution in [0.4, 0.5) is 17.3 Å². The first-order valence-corrected chi connectivity index (χ1v) is 9.69. The van der Waals surface area contributed by atoms with Crippen molar-refractivity contribution in [2.75, 3.05) is 10.6 Å². The predicted molar refractivity (Wildman–Crippen MR) is 116 cm³/mol. The fourth-order valence-electron chi connectivity index (χ4n) is 2.87. The summed E-state index contributed by atoms with van der Waals surface area (Å²) in [7, 11) is 0. The van der Waals surface area contributed by atoms with Gasteiger partial charge in [-0.3, -0.25) is 4.79 Å². The van der Waals surface area contributed by atoms with E-state index in [1.807, 2.05) is 62.4 Å². The number of para-hydroxylation sites is 3. The molecule has 0 unspecified atom stereocenters. The molecule has 2 N–H and O–H groups in total. The standard InChI is InChI=1S/C23H26N4O2/c1-15(2)18-9-5-6-10-19(18)26-22(28)17-13-24-23(25-14-17)27-20-11-7-8-12-21(20)29-16(3)4/h5-16H,1-4H3,(H,26,28)(H,24,25,27). The zero-order chi connectivity index (χ0) is 20.8. The van der Waals surface area contributed by atoms with Crippen molar-refractivity contribution in [2.45, 2.75) is 39.7 Å². The van der Waals surface area contributed by atoms with E-state index in [0.29, 0.717) is 17.4 Å². The van der Waals surface area contributed by atoms with Gasteiger partial charge in [0.15, 0.2) is 0 Å². The summed E-state index contributed by atoms with van der Waals surface area (Å²) in [6, 6.07) is 15.4. The Morgan fingerprint density at radius 1 is 0.897 bits per heavy atom. The van der Waals surface area contributed by atoms with Gasteiger partial charge in [0.25, 0.3) is 5.91 Å². The Balaban J connectivity index is 1.72. The van der Waals surface area contributed by atoms with Gasteiger partial charge in [-0.1, -0.05) is 44.2 Å². The minimum Gasteiger partial charge on any atom is -0.489 e. The normalized spacial score (nSPS) is 10.8. The van der Waals surface area contributed by atoms with Crippen LogP contribution in [-0.2, 0) is 0 Å². The summed E-state index contributed by atoms with van der Waals surface area (Å²) in [5, 5.41) is 6.09. The van der Waals surface area contributed by atoms with Crippen LogP contribution in [0.1, 0.15) is 49.5 Å². The Hall–Kier alpha value is -3.41. The highest BCUT2D eigenvalue weighted by Gasteiger charge is 2.12. The minimum atomic E-state index is -0.242. The molecule has 0 aliphatic carbocycles. The first-order valence-electron chi connectivity index (χ1n) is 9.69. The van der Waals surface area contributed by atoms with Crippen LogP contribution < -0.4 is 15.4 Å². The molecule has 0 spiro atoms. The van der Waals surface area contributed by atoms with Gasteiger partial charge in [0.2, 0.25) is 5.95 Å². The quantitative estimate of drug-likeness (QED) is 0.566. The van der Waals surface area contributed by atoms with Crippen molar-refractivity contribution in [2.24, 2.45) is 0 Å². The Bertz CT molecular complexity index is 969. The summed E-state index contributed by atoms with van der Waals surface area (Å²) >= 11 is 0. The molecule has 2 aromatic carbocycles. The van der Waals surface area contributed by atoms with Crippen LogP contribution in [0.5, 0.6) is 5.75 Å². The zero-order valence-corrected chi connectivity index (χ0v) is 17.1. The summed E-state index contributed by atoms with van der Waals surface area (Å²) in [5.74, 6) is 1.18. The SMILES string of the molecule is CC(C)Oc1ccccc1Nc1ncc(C(=O)Nc2ccccc2C(C)C)cn1. The third kappa shape index (κ3) is 5.31. The fourth-order valence-corrected chi connectivity index (χ4v) is 2.87. The lowest BCUT2D eigenvalue weighted by atomic mass is 10.0. The third-order valence-electron chi connectivity index (χ3n) is 4.24. The van der Waals surface area contributed by atoms with Crippen LogP contribution in [0.2, 0.25) is 0 Å². The number of amides is 1. The van der Waals surface area contributed by atoms with Crippen molar-refractivity contribution in [1.29, 1.82) is 0 Å². The lowest BCUT2D eigenvalue weighted by Gasteiger charge is -2.15. The van der Waals surface area contributed by atoms with Gasteiger partial charge in [0.1, 0.15) is 5.75 Å². The van der Waals surface area contributed by atoms with E-state index in [9.17, 15) is 4.79 Å². The maximum atomic E-state index is 12.6. The molecule has 6 nitrogen and oxygen atoms in total. The lowest BCUT2D eigenvalue weighted by Crippen LogP contribution is -2.14. The van der Waals surface area contributed by atoms with Gasteiger partial charge in [-0.2, -0.15) is 0 Å². The number of nitrogens with zero attached hydrogens (tertiary/aromatic N) is 2. The molecule has 150 valence electrons. The number of carbonyl (C=O) groups excluding carboxylic acids is 1. The van der Waals surface area contributed by atoms with Crippen molar-refractivity contribution in [3.8, 4) is 5.75 Å². The first kappa shape index (κ1) is 20.3. The monoisotopic (exact) mass is 390 g/mol. The molecule has 1 amide bonds. The fraction of sp³-hybridized carbons (Fsp3) is 0.261. The van der Waals surface area contributed by atoms with Crippen LogP contribution in [0.15, 0.2) is 60.9 Å². The van der Waals surface area contributed by atoms with Gasteiger partial charge in [0, 0.05) is 18.1 Å². The summed E-state index contributed by atoms with van der Waals surface area (Å²) in [5.41, 5.74) is 3.04. The number of rotatable bonds is 7. The molecule has 1 heterocycles. The van der Waals surface area contributed by atoms with E-state index in [0.717, 1.165) is 22.7 Å². The molecule has 0 saturated carbocycles. The molecule has 0 bridgehead atoms. The molecule has 6 heteroatoms. The number of aromatic nitrogens is 2. The summed E-state index contributed by atoms with van der Waals surface area (Å²) in [4.78, 5) is 21.2. The van der Waals surface area contributed by atoms with Crippen molar-refractivity contribution in [3.05, 3.63) is 72.1 Å². The van der Waals surface area contributed by atoms with E-state index in [2.05, 4.69) is 34.4 Å². The molecule has 0 aliphatic rings. The van der Waals surface area contributed by atoms with E-state index in [1.165, 1.54) is 12.4 Å². The molecule has 0 aliphatic heterocycles. The van der Waals surface area contributed by atoms with Crippen LogP contribution >= 0.6 is 0 Å². The van der Waals surface area contributed by atoms with Gasteiger partial charge in [-0.05, 0) is 43.5 Å². The van der Waals surface area contributed by atoms with E-state index in [-0.39, 0.29) is 12.0 Å². The maximum Gasteiger partial charge on any atom is 0.258 e. The van der Waals surface area contributed by atoms with E-state index < -0.39 is 0 Å². The Morgan fingerprint density at radius 3 is 2.17 bits per heavy atom. The molecule has 0 saturated heterocycles. The number of carbonyl (C=O) groups is 1. The molecule has 0 fully saturated rings. The van der Waals surface area contributed by atoms with Crippen LogP contribution in [0, 0.1) is 0 Å². The second-order valence-corrected chi connectivity index (χ2v) is 7.28. The Morgan fingerprint density at radius 2 is 1.52 bits per heavy atom.